The number of aromatic nitrogens is 1. The highest BCUT2D eigenvalue weighted by Gasteiger charge is 2.09. The van der Waals surface area contributed by atoms with Crippen LogP contribution in [0.3, 0.4) is 0 Å². The van der Waals surface area contributed by atoms with Gasteiger partial charge in [0.25, 0.3) is 0 Å². The molecule has 0 spiro atoms. The van der Waals surface area contributed by atoms with Gasteiger partial charge in [0.2, 0.25) is 0 Å². The molecule has 1 aromatic heterocycles. The predicted molar refractivity (Wildman–Crippen MR) is 75.4 cm³/mol. The fourth-order valence-corrected chi connectivity index (χ4v) is 2.18. The maximum Gasteiger partial charge on any atom is 0.0315 e. The molecule has 2 nitrogen and oxygen atoms in total. The molecular weight excluding hydrogens is 220 g/mol. The first kappa shape index (κ1) is 12.8. The van der Waals surface area contributed by atoms with Crippen LogP contribution in [0.5, 0.6) is 0 Å². The molecule has 2 atom stereocenters. The van der Waals surface area contributed by atoms with E-state index in [-0.39, 0.29) is 0 Å². The lowest BCUT2D eigenvalue weighted by Gasteiger charge is -2.20. The van der Waals surface area contributed by atoms with Crippen LogP contribution >= 0.6 is 0 Å². The van der Waals surface area contributed by atoms with Crippen LogP contribution in [-0.4, -0.2) is 11.0 Å². The van der Waals surface area contributed by atoms with Gasteiger partial charge in [-0.15, -0.1) is 0 Å². The molecule has 0 aliphatic rings. The predicted octanol–water partition coefficient (Wildman–Crippen LogP) is 3.36. The molecule has 2 aromatic rings. The SMILES string of the molecule is CC(Cc1ccccc1)N[C@H](C)c1cccnc1. The van der Waals surface area contributed by atoms with E-state index in [1.807, 2.05) is 18.5 Å². The highest BCUT2D eigenvalue weighted by Crippen LogP contribution is 2.12. The lowest BCUT2D eigenvalue weighted by Crippen LogP contribution is -2.30. The molecule has 0 saturated carbocycles. The van der Waals surface area contributed by atoms with E-state index < -0.39 is 0 Å². The van der Waals surface area contributed by atoms with Gasteiger partial charge in [-0.05, 0) is 37.5 Å². The average molecular weight is 240 g/mol. The second-order valence-electron chi connectivity index (χ2n) is 4.77. The maximum atomic E-state index is 4.16. The first-order valence-corrected chi connectivity index (χ1v) is 6.45. The highest BCUT2D eigenvalue weighted by atomic mass is 14.9. The van der Waals surface area contributed by atoms with Crippen LogP contribution in [0, 0.1) is 0 Å². The summed E-state index contributed by atoms with van der Waals surface area (Å²) in [6.45, 7) is 4.40. The van der Waals surface area contributed by atoms with E-state index in [0.717, 1.165) is 6.42 Å². The third-order valence-corrected chi connectivity index (χ3v) is 3.10. The minimum Gasteiger partial charge on any atom is -0.307 e. The molecule has 1 heterocycles. The normalized spacial score (nSPS) is 14.1. The van der Waals surface area contributed by atoms with E-state index in [0.29, 0.717) is 12.1 Å². The van der Waals surface area contributed by atoms with Gasteiger partial charge >= 0.3 is 0 Å². The summed E-state index contributed by atoms with van der Waals surface area (Å²) in [6, 6.07) is 15.5. The minimum absolute atomic E-state index is 0.331. The van der Waals surface area contributed by atoms with Crippen molar-refractivity contribution >= 4 is 0 Å². The summed E-state index contributed by atoms with van der Waals surface area (Å²) in [4.78, 5) is 4.16. The Morgan fingerprint density at radius 3 is 2.50 bits per heavy atom. The molecule has 0 radical (unpaired) electrons. The van der Waals surface area contributed by atoms with Crippen molar-refractivity contribution in [2.45, 2.75) is 32.4 Å². The summed E-state index contributed by atoms with van der Waals surface area (Å²) in [5.74, 6) is 0. The monoisotopic (exact) mass is 240 g/mol. The fourth-order valence-electron chi connectivity index (χ4n) is 2.18. The number of nitrogens with zero attached hydrogens (tertiary/aromatic N) is 1. The Bertz CT molecular complexity index is 453. The summed E-state index contributed by atoms with van der Waals surface area (Å²) in [5.41, 5.74) is 2.60. The number of hydrogen-bond donors (Lipinski definition) is 1. The maximum absolute atomic E-state index is 4.16. The Kier molecular flexibility index (Phi) is 4.48. The number of benzene rings is 1. The van der Waals surface area contributed by atoms with Crippen LogP contribution < -0.4 is 5.32 Å². The Hall–Kier alpha value is -1.67. The van der Waals surface area contributed by atoms with Crippen LogP contribution in [-0.2, 0) is 6.42 Å². The molecule has 18 heavy (non-hydrogen) atoms. The number of nitrogens with one attached hydrogen (secondary N) is 1. The second kappa shape index (κ2) is 6.31. The van der Waals surface area contributed by atoms with Crippen molar-refractivity contribution in [2.75, 3.05) is 0 Å². The lowest BCUT2D eigenvalue weighted by atomic mass is 10.0. The summed E-state index contributed by atoms with van der Waals surface area (Å²) in [7, 11) is 0. The third-order valence-electron chi connectivity index (χ3n) is 3.10. The minimum atomic E-state index is 0.331. The standard InChI is InChI=1S/C16H20N2/c1-13(11-15-7-4-3-5-8-15)18-14(2)16-9-6-10-17-12-16/h3-10,12-14,18H,11H2,1-2H3/t13?,14-/m1/s1. The van der Waals surface area contributed by atoms with E-state index in [9.17, 15) is 0 Å². The molecule has 0 aliphatic heterocycles. The van der Waals surface area contributed by atoms with Gasteiger partial charge in [-0.1, -0.05) is 36.4 Å². The van der Waals surface area contributed by atoms with E-state index in [4.69, 9.17) is 0 Å². The largest absolute Gasteiger partial charge is 0.307 e. The molecule has 0 saturated heterocycles. The van der Waals surface area contributed by atoms with Gasteiger partial charge in [-0.3, -0.25) is 4.98 Å². The first-order chi connectivity index (χ1) is 8.75. The van der Waals surface area contributed by atoms with Gasteiger partial charge in [-0.25, -0.2) is 0 Å². The molecule has 0 fully saturated rings. The van der Waals surface area contributed by atoms with Crippen molar-refractivity contribution in [3.63, 3.8) is 0 Å². The molecule has 1 N–H and O–H groups in total. The van der Waals surface area contributed by atoms with Gasteiger partial charge in [-0.2, -0.15) is 0 Å². The van der Waals surface area contributed by atoms with Crippen LogP contribution in [0.15, 0.2) is 54.9 Å². The summed E-state index contributed by atoms with van der Waals surface area (Å²) in [6.07, 6.45) is 4.78. The molecular formula is C16H20N2. The Morgan fingerprint density at radius 1 is 1.06 bits per heavy atom. The molecule has 1 unspecified atom stereocenters. The van der Waals surface area contributed by atoms with Crippen LogP contribution in [0.1, 0.15) is 31.0 Å². The molecule has 0 amide bonds. The van der Waals surface area contributed by atoms with E-state index >= 15 is 0 Å². The highest BCUT2D eigenvalue weighted by molar-refractivity contribution is 5.17. The Morgan fingerprint density at radius 2 is 1.83 bits per heavy atom. The first-order valence-electron chi connectivity index (χ1n) is 6.45. The van der Waals surface area contributed by atoms with Gasteiger partial charge in [0.15, 0.2) is 0 Å². The zero-order valence-electron chi connectivity index (χ0n) is 11.0. The smallest absolute Gasteiger partial charge is 0.0315 e. The van der Waals surface area contributed by atoms with Crippen molar-refractivity contribution in [1.82, 2.24) is 10.3 Å². The molecule has 1 aromatic carbocycles. The number of pyridine rings is 1. The Balaban J connectivity index is 1.90. The van der Waals surface area contributed by atoms with Gasteiger partial charge in [0, 0.05) is 24.5 Å². The van der Waals surface area contributed by atoms with Crippen LogP contribution in [0.2, 0.25) is 0 Å². The van der Waals surface area contributed by atoms with Gasteiger partial charge in [0.1, 0.15) is 0 Å². The van der Waals surface area contributed by atoms with Crippen molar-refractivity contribution in [3.05, 3.63) is 66.0 Å². The number of hydrogen-bond acceptors (Lipinski definition) is 2. The van der Waals surface area contributed by atoms with Crippen molar-refractivity contribution < 1.29 is 0 Å². The average Bonchev–Trinajstić information content (AvgIpc) is 2.40. The second-order valence-corrected chi connectivity index (χ2v) is 4.77. The molecule has 2 rings (SSSR count). The molecule has 2 heteroatoms. The van der Waals surface area contributed by atoms with Crippen LogP contribution in [0.25, 0.3) is 0 Å². The van der Waals surface area contributed by atoms with Crippen molar-refractivity contribution in [2.24, 2.45) is 0 Å². The van der Waals surface area contributed by atoms with Crippen molar-refractivity contribution in [3.8, 4) is 0 Å². The summed E-state index contributed by atoms with van der Waals surface area (Å²) < 4.78 is 0. The van der Waals surface area contributed by atoms with Crippen molar-refractivity contribution in [1.29, 1.82) is 0 Å². The molecule has 94 valence electrons. The fraction of sp³-hybridized carbons (Fsp3) is 0.312. The Labute approximate surface area is 109 Å². The van der Waals surface area contributed by atoms with Crippen LogP contribution in [0.4, 0.5) is 0 Å². The zero-order valence-corrected chi connectivity index (χ0v) is 11.0. The number of rotatable bonds is 5. The van der Waals surface area contributed by atoms with Gasteiger partial charge in [0.05, 0.1) is 0 Å². The van der Waals surface area contributed by atoms with E-state index in [1.165, 1.54) is 11.1 Å². The topological polar surface area (TPSA) is 24.9 Å². The van der Waals surface area contributed by atoms with E-state index in [2.05, 4.69) is 60.5 Å². The quantitative estimate of drug-likeness (QED) is 0.866. The molecule has 0 bridgehead atoms. The lowest BCUT2D eigenvalue weighted by molar-refractivity contribution is 0.476. The van der Waals surface area contributed by atoms with Gasteiger partial charge < -0.3 is 5.32 Å². The van der Waals surface area contributed by atoms with E-state index in [1.54, 1.807) is 0 Å². The summed E-state index contributed by atoms with van der Waals surface area (Å²) >= 11 is 0. The third kappa shape index (κ3) is 3.67. The summed E-state index contributed by atoms with van der Waals surface area (Å²) in [5, 5.41) is 3.60. The zero-order chi connectivity index (χ0) is 12.8. The molecule has 0 aliphatic carbocycles.